The lowest BCUT2D eigenvalue weighted by Crippen LogP contribution is -2.28. The molecule has 0 radical (unpaired) electrons. The lowest BCUT2D eigenvalue weighted by molar-refractivity contribution is 0.0907. The Morgan fingerprint density at radius 3 is 3.14 bits per heavy atom. The van der Waals surface area contributed by atoms with Crippen LogP contribution in [0.25, 0.3) is 0 Å². The van der Waals surface area contributed by atoms with Gasteiger partial charge in [-0.1, -0.05) is 0 Å². The van der Waals surface area contributed by atoms with E-state index in [0.29, 0.717) is 18.8 Å². The van der Waals surface area contributed by atoms with E-state index < -0.39 is 0 Å². The smallest absolute Gasteiger partial charge is 0.211 e. The fraction of sp³-hybridized carbons (Fsp3) is 0.500. The summed E-state index contributed by atoms with van der Waals surface area (Å²) in [6.07, 6.45) is 1.97. The van der Waals surface area contributed by atoms with E-state index in [1.807, 2.05) is 4.90 Å². The van der Waals surface area contributed by atoms with Gasteiger partial charge in [0.05, 0.1) is 18.9 Å². The zero-order chi connectivity index (χ0) is 9.97. The summed E-state index contributed by atoms with van der Waals surface area (Å²) in [6.45, 7) is 1.71. The summed E-state index contributed by atoms with van der Waals surface area (Å²) in [6, 6.07) is 3.36. The number of aliphatic hydroxyl groups is 1. The Hall–Kier alpha value is -1.13. The highest BCUT2D eigenvalue weighted by Gasteiger charge is 2.23. The van der Waals surface area contributed by atoms with Crippen molar-refractivity contribution in [3.8, 4) is 0 Å². The van der Waals surface area contributed by atoms with Crippen molar-refractivity contribution in [1.29, 1.82) is 0 Å². The van der Waals surface area contributed by atoms with Gasteiger partial charge in [-0.3, -0.25) is 9.69 Å². The molecule has 1 aliphatic heterocycles. The number of likely N-dealkylation sites (tertiary alicyclic amines) is 1. The van der Waals surface area contributed by atoms with Crippen LogP contribution >= 0.6 is 0 Å². The minimum atomic E-state index is -0.278. The van der Waals surface area contributed by atoms with Gasteiger partial charge in [-0.25, -0.2) is 0 Å². The molecule has 2 rings (SSSR count). The first-order valence-corrected chi connectivity index (χ1v) is 4.73. The van der Waals surface area contributed by atoms with Crippen molar-refractivity contribution in [3.63, 3.8) is 0 Å². The van der Waals surface area contributed by atoms with Crippen molar-refractivity contribution in [2.45, 2.75) is 12.5 Å². The summed E-state index contributed by atoms with van der Waals surface area (Å²) in [5, 5.41) is 9.27. The Morgan fingerprint density at radius 1 is 1.71 bits per heavy atom. The molecule has 1 saturated heterocycles. The number of aliphatic hydroxyl groups excluding tert-OH is 1. The number of Topliss-reactive ketones (excluding diaryl/α,β-unsaturated/α-hetero) is 1. The summed E-state index contributed by atoms with van der Waals surface area (Å²) < 4.78 is 4.99. The zero-order valence-corrected chi connectivity index (χ0v) is 7.85. The standard InChI is InChI=1S/C10H13NO3/c12-8-3-4-11(6-8)7-9(13)10-2-1-5-14-10/h1-2,5,8,12H,3-4,6-7H2. The Morgan fingerprint density at radius 2 is 2.57 bits per heavy atom. The van der Waals surface area contributed by atoms with Crippen molar-refractivity contribution >= 4 is 5.78 Å². The third-order valence-corrected chi connectivity index (χ3v) is 2.41. The SMILES string of the molecule is O=C(CN1CCC(O)C1)c1ccco1. The number of β-amino-alcohol motifs (C(OH)–C–C–N with tert-alkyl or cyclic N) is 1. The molecule has 0 aromatic carbocycles. The second-order valence-electron chi connectivity index (χ2n) is 3.58. The molecule has 4 nitrogen and oxygen atoms in total. The molecule has 4 heteroatoms. The Kier molecular flexibility index (Phi) is 2.65. The summed E-state index contributed by atoms with van der Waals surface area (Å²) in [7, 11) is 0. The molecular formula is C10H13NO3. The summed E-state index contributed by atoms with van der Waals surface area (Å²) in [5.74, 6) is 0.371. The van der Waals surface area contributed by atoms with Crippen LogP contribution in [0.5, 0.6) is 0 Å². The molecule has 1 aliphatic rings. The van der Waals surface area contributed by atoms with E-state index in [1.165, 1.54) is 6.26 Å². The fourth-order valence-electron chi connectivity index (χ4n) is 1.67. The third kappa shape index (κ3) is 2.02. The summed E-state index contributed by atoms with van der Waals surface area (Å²) in [4.78, 5) is 13.5. The first kappa shape index (κ1) is 9.43. The number of nitrogens with zero attached hydrogens (tertiary/aromatic N) is 1. The van der Waals surface area contributed by atoms with Crippen LogP contribution in [0.2, 0.25) is 0 Å². The highest BCUT2D eigenvalue weighted by atomic mass is 16.3. The molecule has 0 aliphatic carbocycles. The number of ketones is 1. The number of hydrogen-bond acceptors (Lipinski definition) is 4. The molecule has 2 heterocycles. The lowest BCUT2D eigenvalue weighted by Gasteiger charge is -2.12. The monoisotopic (exact) mass is 195 g/mol. The minimum Gasteiger partial charge on any atom is -0.461 e. The van der Waals surface area contributed by atoms with Crippen LogP contribution in [0.4, 0.5) is 0 Å². The zero-order valence-electron chi connectivity index (χ0n) is 7.85. The molecule has 0 bridgehead atoms. The molecule has 0 amide bonds. The molecule has 1 fully saturated rings. The molecule has 76 valence electrons. The Bertz CT molecular complexity index is 307. The average molecular weight is 195 g/mol. The maximum absolute atomic E-state index is 11.6. The number of furan rings is 1. The number of rotatable bonds is 3. The van der Waals surface area contributed by atoms with Crippen LogP contribution in [0.15, 0.2) is 22.8 Å². The van der Waals surface area contributed by atoms with Gasteiger partial charge >= 0.3 is 0 Å². The van der Waals surface area contributed by atoms with Gasteiger partial charge in [0, 0.05) is 13.1 Å². The average Bonchev–Trinajstić information content (AvgIpc) is 2.75. The molecule has 0 saturated carbocycles. The molecule has 1 aromatic heterocycles. The van der Waals surface area contributed by atoms with E-state index in [1.54, 1.807) is 12.1 Å². The quantitative estimate of drug-likeness (QED) is 0.715. The van der Waals surface area contributed by atoms with Crippen LogP contribution in [0.1, 0.15) is 17.0 Å². The van der Waals surface area contributed by atoms with E-state index in [4.69, 9.17) is 4.42 Å². The molecule has 1 aromatic rings. The summed E-state index contributed by atoms with van der Waals surface area (Å²) in [5.41, 5.74) is 0. The molecule has 1 atom stereocenters. The molecule has 0 spiro atoms. The lowest BCUT2D eigenvalue weighted by atomic mass is 10.3. The normalized spacial score (nSPS) is 22.8. The maximum atomic E-state index is 11.6. The summed E-state index contributed by atoms with van der Waals surface area (Å²) >= 11 is 0. The van der Waals surface area contributed by atoms with Crippen LogP contribution in [-0.2, 0) is 0 Å². The van der Waals surface area contributed by atoms with E-state index >= 15 is 0 Å². The van der Waals surface area contributed by atoms with Gasteiger partial charge in [-0.2, -0.15) is 0 Å². The highest BCUT2D eigenvalue weighted by Crippen LogP contribution is 2.10. The van der Waals surface area contributed by atoms with Crippen molar-refractivity contribution in [2.24, 2.45) is 0 Å². The van der Waals surface area contributed by atoms with Gasteiger partial charge in [0.1, 0.15) is 0 Å². The number of hydrogen-bond donors (Lipinski definition) is 1. The molecule has 1 N–H and O–H groups in total. The molecular weight excluding hydrogens is 182 g/mol. The largest absolute Gasteiger partial charge is 0.461 e. The first-order chi connectivity index (χ1) is 6.75. The third-order valence-electron chi connectivity index (χ3n) is 2.41. The second kappa shape index (κ2) is 3.94. The van der Waals surface area contributed by atoms with E-state index in [-0.39, 0.29) is 11.9 Å². The molecule has 14 heavy (non-hydrogen) atoms. The maximum Gasteiger partial charge on any atom is 0.211 e. The van der Waals surface area contributed by atoms with Gasteiger partial charge in [0.15, 0.2) is 5.76 Å². The van der Waals surface area contributed by atoms with Crippen molar-refractivity contribution in [1.82, 2.24) is 4.90 Å². The fourth-order valence-corrected chi connectivity index (χ4v) is 1.67. The van der Waals surface area contributed by atoms with Gasteiger partial charge in [-0.15, -0.1) is 0 Å². The van der Waals surface area contributed by atoms with Gasteiger partial charge < -0.3 is 9.52 Å². The Labute approximate surface area is 82.1 Å². The number of carbonyl (C=O) groups excluding carboxylic acids is 1. The number of carbonyl (C=O) groups is 1. The second-order valence-corrected chi connectivity index (χ2v) is 3.58. The van der Waals surface area contributed by atoms with Crippen LogP contribution in [0, 0.1) is 0 Å². The van der Waals surface area contributed by atoms with E-state index in [9.17, 15) is 9.90 Å². The van der Waals surface area contributed by atoms with E-state index in [0.717, 1.165) is 13.0 Å². The van der Waals surface area contributed by atoms with Crippen LogP contribution in [-0.4, -0.2) is 41.5 Å². The van der Waals surface area contributed by atoms with Gasteiger partial charge in [0.25, 0.3) is 0 Å². The van der Waals surface area contributed by atoms with Crippen molar-refractivity contribution in [2.75, 3.05) is 19.6 Å². The van der Waals surface area contributed by atoms with Gasteiger partial charge in [0.2, 0.25) is 5.78 Å². The van der Waals surface area contributed by atoms with Crippen molar-refractivity contribution in [3.05, 3.63) is 24.2 Å². The highest BCUT2D eigenvalue weighted by molar-refractivity contribution is 5.95. The predicted octanol–water partition coefficient (Wildman–Crippen LogP) is 0.529. The Balaban J connectivity index is 1.89. The molecule has 1 unspecified atom stereocenters. The van der Waals surface area contributed by atoms with Gasteiger partial charge in [-0.05, 0) is 18.6 Å². The first-order valence-electron chi connectivity index (χ1n) is 4.73. The minimum absolute atomic E-state index is 0.0240. The van der Waals surface area contributed by atoms with Crippen LogP contribution < -0.4 is 0 Å². The topological polar surface area (TPSA) is 53.7 Å². The van der Waals surface area contributed by atoms with Crippen LogP contribution in [0.3, 0.4) is 0 Å². The van der Waals surface area contributed by atoms with Crippen molar-refractivity contribution < 1.29 is 14.3 Å². The van der Waals surface area contributed by atoms with E-state index in [2.05, 4.69) is 0 Å². The predicted molar refractivity (Wildman–Crippen MR) is 50.1 cm³/mol.